The van der Waals surface area contributed by atoms with Crippen molar-refractivity contribution in [3.63, 3.8) is 0 Å². The number of aromatic nitrogens is 2. The van der Waals surface area contributed by atoms with Gasteiger partial charge in [0.2, 0.25) is 0 Å². The molecule has 0 aromatic carbocycles. The van der Waals surface area contributed by atoms with Crippen LogP contribution in [0.3, 0.4) is 0 Å². The van der Waals surface area contributed by atoms with Gasteiger partial charge in [-0.05, 0) is 39.5 Å². The number of nitrogen functional groups attached to an aromatic ring is 1. The summed E-state index contributed by atoms with van der Waals surface area (Å²) in [6.07, 6.45) is 7.17. The van der Waals surface area contributed by atoms with Crippen molar-refractivity contribution in [3.8, 4) is 5.88 Å². The van der Waals surface area contributed by atoms with Gasteiger partial charge in [0.1, 0.15) is 12.3 Å². The molecule has 0 spiro atoms. The molecule has 2 N–H and O–H groups in total. The molecule has 1 aliphatic heterocycles. The molecule has 2 fully saturated rings. The molecule has 2 aliphatic rings. The Morgan fingerprint density at radius 3 is 2.23 bits per heavy atom. The third-order valence-electron chi connectivity index (χ3n) is 5.63. The average molecular weight is 469 g/mol. The Morgan fingerprint density at radius 1 is 1.00 bits per heavy atom. The average Bonchev–Trinajstić information content (AvgIpc) is 3.04. The molecule has 1 aliphatic carbocycles. The fourth-order valence-corrected chi connectivity index (χ4v) is 4.33. The van der Waals surface area contributed by atoms with Crippen LogP contribution in [0.5, 0.6) is 5.88 Å². The minimum atomic E-state index is 0. The van der Waals surface area contributed by atoms with E-state index in [0.29, 0.717) is 62.3 Å². The van der Waals surface area contributed by atoms with Gasteiger partial charge >= 0.3 is 0 Å². The summed E-state index contributed by atoms with van der Waals surface area (Å²) in [5.74, 6) is 0.508. The Hall–Kier alpha value is -0.770. The van der Waals surface area contributed by atoms with E-state index in [2.05, 4.69) is 23.8 Å². The van der Waals surface area contributed by atoms with Crippen LogP contribution in [0.2, 0.25) is 0 Å². The molecule has 30 heavy (non-hydrogen) atoms. The summed E-state index contributed by atoms with van der Waals surface area (Å²) in [6.45, 7) is 8.51. The maximum atomic E-state index is 6.09. The van der Waals surface area contributed by atoms with Gasteiger partial charge in [0, 0.05) is 26.2 Å². The standard InChI is InChI=1S/C20H36N4O4.2ClH/c1-15-12-23(13-16(2)28-15)17-4-6-18(7-5-17)24-14-19(21)20(22-24)27-11-10-26-9-8-25-3;;/h14-18H,4-13,21H2,1-3H3;2*1H/t15-,16+,17-,18-;;. The molecule has 1 aromatic heterocycles. The van der Waals surface area contributed by atoms with E-state index in [1.165, 1.54) is 12.8 Å². The molecule has 3 rings (SSSR count). The monoisotopic (exact) mass is 468 g/mol. The molecule has 1 saturated carbocycles. The number of hydrogen-bond donors (Lipinski definition) is 1. The summed E-state index contributed by atoms with van der Waals surface area (Å²) in [4.78, 5) is 2.62. The summed E-state index contributed by atoms with van der Waals surface area (Å²) in [7, 11) is 1.66. The summed E-state index contributed by atoms with van der Waals surface area (Å²) in [6, 6.07) is 1.04. The van der Waals surface area contributed by atoms with Crippen LogP contribution in [0, 0.1) is 0 Å². The van der Waals surface area contributed by atoms with E-state index in [0.717, 1.165) is 25.9 Å². The lowest BCUT2D eigenvalue weighted by atomic mass is 9.89. The molecular weight excluding hydrogens is 431 g/mol. The summed E-state index contributed by atoms with van der Waals surface area (Å²) in [5.41, 5.74) is 6.69. The first kappa shape index (κ1) is 27.3. The molecule has 0 radical (unpaired) electrons. The van der Waals surface area contributed by atoms with E-state index in [-0.39, 0.29) is 24.8 Å². The van der Waals surface area contributed by atoms with Gasteiger partial charge in [0.15, 0.2) is 0 Å². The third kappa shape index (κ3) is 7.73. The van der Waals surface area contributed by atoms with Crippen LogP contribution >= 0.6 is 24.8 Å². The van der Waals surface area contributed by atoms with Crippen molar-refractivity contribution in [2.24, 2.45) is 0 Å². The van der Waals surface area contributed by atoms with Gasteiger partial charge < -0.3 is 24.7 Å². The number of halogens is 2. The molecule has 0 amide bonds. The Morgan fingerprint density at radius 2 is 1.60 bits per heavy atom. The highest BCUT2D eigenvalue weighted by Crippen LogP contribution is 2.33. The first-order valence-corrected chi connectivity index (χ1v) is 10.5. The van der Waals surface area contributed by atoms with Crippen LogP contribution < -0.4 is 10.5 Å². The molecule has 10 heteroatoms. The number of ether oxygens (including phenoxy) is 4. The summed E-state index contributed by atoms with van der Waals surface area (Å²) < 4.78 is 23.9. The van der Waals surface area contributed by atoms with Crippen LogP contribution in [0.1, 0.15) is 45.6 Å². The van der Waals surface area contributed by atoms with Gasteiger partial charge in [0.25, 0.3) is 5.88 Å². The van der Waals surface area contributed by atoms with E-state index in [9.17, 15) is 0 Å². The molecule has 2 heterocycles. The lowest BCUT2D eigenvalue weighted by Crippen LogP contribution is -2.51. The van der Waals surface area contributed by atoms with E-state index in [4.69, 9.17) is 24.7 Å². The molecule has 0 unspecified atom stereocenters. The van der Waals surface area contributed by atoms with Crippen LogP contribution in [-0.2, 0) is 14.2 Å². The quantitative estimate of drug-likeness (QED) is 0.557. The van der Waals surface area contributed by atoms with Crippen molar-refractivity contribution < 1.29 is 18.9 Å². The van der Waals surface area contributed by atoms with Gasteiger partial charge in [-0.15, -0.1) is 29.9 Å². The molecule has 2 atom stereocenters. The Bertz CT molecular complexity index is 589. The number of nitrogens with two attached hydrogens (primary N) is 1. The van der Waals surface area contributed by atoms with Crippen molar-refractivity contribution in [3.05, 3.63) is 6.20 Å². The van der Waals surface area contributed by atoms with E-state index < -0.39 is 0 Å². The number of nitrogens with zero attached hydrogens (tertiary/aromatic N) is 3. The Kier molecular flexibility index (Phi) is 12.4. The number of morpholine rings is 1. The van der Waals surface area contributed by atoms with E-state index in [1.54, 1.807) is 7.11 Å². The van der Waals surface area contributed by atoms with Gasteiger partial charge in [-0.25, -0.2) is 0 Å². The predicted molar refractivity (Wildman–Crippen MR) is 122 cm³/mol. The number of methoxy groups -OCH3 is 1. The van der Waals surface area contributed by atoms with Crippen molar-refractivity contribution in [2.45, 2.75) is 63.8 Å². The minimum Gasteiger partial charge on any atom is -0.473 e. The Labute approximate surface area is 192 Å². The lowest BCUT2D eigenvalue weighted by Gasteiger charge is -2.42. The second kappa shape index (κ2) is 13.6. The highest BCUT2D eigenvalue weighted by Gasteiger charge is 2.32. The number of hydrogen-bond acceptors (Lipinski definition) is 7. The topological polar surface area (TPSA) is 84.0 Å². The van der Waals surface area contributed by atoms with E-state index >= 15 is 0 Å². The molecule has 176 valence electrons. The van der Waals surface area contributed by atoms with Crippen LogP contribution in [0.4, 0.5) is 5.69 Å². The van der Waals surface area contributed by atoms with Gasteiger partial charge in [0.05, 0.1) is 44.3 Å². The zero-order chi connectivity index (χ0) is 19.9. The second-order valence-corrected chi connectivity index (χ2v) is 8.00. The number of anilines is 1. The fraction of sp³-hybridized carbons (Fsp3) is 0.850. The third-order valence-corrected chi connectivity index (χ3v) is 5.63. The smallest absolute Gasteiger partial charge is 0.256 e. The Balaban J connectivity index is 0.00000225. The van der Waals surface area contributed by atoms with Crippen molar-refractivity contribution >= 4 is 30.5 Å². The zero-order valence-corrected chi connectivity index (χ0v) is 20.0. The van der Waals surface area contributed by atoms with E-state index in [1.807, 2.05) is 10.9 Å². The zero-order valence-electron chi connectivity index (χ0n) is 18.3. The van der Waals surface area contributed by atoms with Crippen LogP contribution in [0.25, 0.3) is 0 Å². The summed E-state index contributed by atoms with van der Waals surface area (Å²) >= 11 is 0. The van der Waals surface area contributed by atoms with Crippen LogP contribution in [-0.4, -0.2) is 79.6 Å². The molecule has 1 aromatic rings. The van der Waals surface area contributed by atoms with Gasteiger partial charge in [-0.3, -0.25) is 9.58 Å². The van der Waals surface area contributed by atoms with Gasteiger partial charge in [-0.2, -0.15) is 0 Å². The van der Waals surface area contributed by atoms with Crippen LogP contribution in [0.15, 0.2) is 6.20 Å². The fourth-order valence-electron chi connectivity index (χ4n) is 4.33. The summed E-state index contributed by atoms with van der Waals surface area (Å²) in [5, 5.41) is 4.58. The highest BCUT2D eigenvalue weighted by molar-refractivity contribution is 5.85. The van der Waals surface area contributed by atoms with Crippen molar-refractivity contribution in [2.75, 3.05) is 52.4 Å². The largest absolute Gasteiger partial charge is 0.473 e. The second-order valence-electron chi connectivity index (χ2n) is 8.00. The highest BCUT2D eigenvalue weighted by atomic mass is 35.5. The molecular formula is C20H38Cl2N4O4. The minimum absolute atomic E-state index is 0. The normalized spacial score (nSPS) is 27.2. The molecule has 0 bridgehead atoms. The maximum absolute atomic E-state index is 6.09. The first-order valence-electron chi connectivity index (χ1n) is 10.5. The molecule has 1 saturated heterocycles. The molecule has 8 nitrogen and oxygen atoms in total. The first-order chi connectivity index (χ1) is 13.6. The van der Waals surface area contributed by atoms with Gasteiger partial charge in [-0.1, -0.05) is 0 Å². The van der Waals surface area contributed by atoms with Crippen molar-refractivity contribution in [1.29, 1.82) is 0 Å². The SMILES string of the molecule is COCCOCCOc1nn([C@H]2CC[C@H](N3C[C@@H](C)O[C@@H](C)C3)CC2)cc1N.Cl.Cl. The predicted octanol–water partition coefficient (Wildman–Crippen LogP) is 2.94. The maximum Gasteiger partial charge on any atom is 0.256 e. The lowest BCUT2D eigenvalue weighted by molar-refractivity contribution is -0.0852. The number of rotatable bonds is 9. The van der Waals surface area contributed by atoms with Crippen molar-refractivity contribution in [1.82, 2.24) is 14.7 Å².